The molecule has 3 amide bonds. The Bertz CT molecular complexity index is 467. The van der Waals surface area contributed by atoms with Crippen molar-refractivity contribution in [2.45, 2.75) is 0 Å². The molecular weight excluding hydrogens is 200 g/mol. The summed E-state index contributed by atoms with van der Waals surface area (Å²) >= 11 is 0. The molecule has 75 valence electrons. The summed E-state index contributed by atoms with van der Waals surface area (Å²) in [4.78, 5) is 33.1. The zero-order valence-electron chi connectivity index (χ0n) is 7.39. The molecule has 1 aromatic rings. The molecule has 0 unspecified atom stereocenters. The number of nitrogens with zero attached hydrogens (tertiary/aromatic N) is 1. The van der Waals surface area contributed by atoms with E-state index in [2.05, 4.69) is 10.1 Å². The van der Waals surface area contributed by atoms with E-state index in [1.807, 2.05) is 0 Å². The van der Waals surface area contributed by atoms with Gasteiger partial charge in [-0.2, -0.15) is 0 Å². The predicted molar refractivity (Wildman–Crippen MR) is 47.4 cm³/mol. The van der Waals surface area contributed by atoms with Crippen molar-refractivity contribution in [3.05, 3.63) is 29.3 Å². The molecule has 0 saturated heterocycles. The second-order valence-electron chi connectivity index (χ2n) is 2.83. The summed E-state index contributed by atoms with van der Waals surface area (Å²) in [6.45, 7) is 0. The summed E-state index contributed by atoms with van der Waals surface area (Å²) in [5.74, 6) is -1.62. The fourth-order valence-corrected chi connectivity index (χ4v) is 1.26. The lowest BCUT2D eigenvalue weighted by molar-refractivity contribution is 0.0923. The van der Waals surface area contributed by atoms with Crippen LogP contribution in [-0.4, -0.2) is 17.9 Å². The lowest BCUT2D eigenvalue weighted by Gasteiger charge is -2.15. The van der Waals surface area contributed by atoms with Crippen molar-refractivity contribution in [2.24, 2.45) is 5.73 Å². The lowest BCUT2D eigenvalue weighted by Crippen LogP contribution is -2.33. The van der Waals surface area contributed by atoms with Gasteiger partial charge in [0.25, 0.3) is 11.8 Å². The fraction of sp³-hybridized carbons (Fsp3) is 0. The Morgan fingerprint density at radius 1 is 1.33 bits per heavy atom. The molecule has 0 aromatic heterocycles. The highest BCUT2D eigenvalue weighted by Gasteiger charge is 2.29. The molecule has 0 saturated carbocycles. The van der Waals surface area contributed by atoms with Crippen LogP contribution in [-0.2, 0) is 0 Å². The zero-order chi connectivity index (χ0) is 11.0. The van der Waals surface area contributed by atoms with Gasteiger partial charge in [0.2, 0.25) is 0 Å². The quantitative estimate of drug-likeness (QED) is 0.699. The van der Waals surface area contributed by atoms with Crippen LogP contribution in [0, 0.1) is 0 Å². The molecule has 2 N–H and O–H groups in total. The minimum atomic E-state index is -1.04. The van der Waals surface area contributed by atoms with E-state index in [0.717, 1.165) is 0 Å². The number of ether oxygens (including phenoxy) is 1. The third-order valence-electron chi connectivity index (χ3n) is 1.89. The second kappa shape index (κ2) is 3.09. The zero-order valence-corrected chi connectivity index (χ0v) is 7.39. The molecule has 6 heteroatoms. The number of nitrogens with two attached hydrogens (primary N) is 1. The largest absolute Gasteiger partial charge is 0.442 e. The molecule has 1 heterocycles. The van der Waals surface area contributed by atoms with E-state index in [-0.39, 0.29) is 16.9 Å². The van der Waals surface area contributed by atoms with Gasteiger partial charge in [0.15, 0.2) is 5.75 Å². The summed E-state index contributed by atoms with van der Waals surface area (Å²) in [6.07, 6.45) is -1.04. The van der Waals surface area contributed by atoms with Crippen LogP contribution in [0.15, 0.2) is 18.2 Å². The van der Waals surface area contributed by atoms with Crippen LogP contribution in [0.4, 0.5) is 4.79 Å². The number of benzene rings is 1. The fourth-order valence-electron chi connectivity index (χ4n) is 1.26. The van der Waals surface area contributed by atoms with Crippen LogP contribution >= 0.6 is 0 Å². The monoisotopic (exact) mass is 205 g/mol. The molecule has 6 nitrogen and oxygen atoms in total. The third-order valence-corrected chi connectivity index (χ3v) is 1.89. The maximum absolute atomic E-state index is 11.3. The highest BCUT2D eigenvalue weighted by Crippen LogP contribution is 2.26. The van der Waals surface area contributed by atoms with E-state index in [9.17, 15) is 14.4 Å². The number of primary amides is 1. The number of rotatable bonds is 1. The van der Waals surface area contributed by atoms with E-state index in [4.69, 9.17) is 5.73 Å². The van der Waals surface area contributed by atoms with Crippen molar-refractivity contribution in [3.8, 4) is 5.75 Å². The number of para-hydroxylation sites is 1. The van der Waals surface area contributed by atoms with Crippen LogP contribution in [0.5, 0.6) is 5.75 Å². The van der Waals surface area contributed by atoms with Crippen LogP contribution in [0.2, 0.25) is 0 Å². The van der Waals surface area contributed by atoms with Gasteiger partial charge in [0.05, 0.1) is 11.1 Å². The molecule has 1 aromatic carbocycles. The van der Waals surface area contributed by atoms with Gasteiger partial charge in [-0.15, -0.1) is 5.32 Å². The molecule has 0 fully saturated rings. The van der Waals surface area contributed by atoms with Crippen molar-refractivity contribution in [1.29, 1.82) is 0 Å². The Morgan fingerprint density at radius 3 is 2.73 bits per heavy atom. The smallest absolute Gasteiger partial charge is 0.407 e. The normalized spacial score (nSPS) is 13.9. The summed E-state index contributed by atoms with van der Waals surface area (Å²) in [6, 6.07) is 4.23. The van der Waals surface area contributed by atoms with Gasteiger partial charge in [-0.3, -0.25) is 9.59 Å². The number of imide groups is 1. The van der Waals surface area contributed by atoms with Gasteiger partial charge in [0, 0.05) is 0 Å². The van der Waals surface area contributed by atoms with Crippen molar-refractivity contribution in [2.75, 3.05) is 0 Å². The van der Waals surface area contributed by atoms with E-state index < -0.39 is 17.9 Å². The lowest BCUT2D eigenvalue weighted by atomic mass is 10.1. The first-order chi connectivity index (χ1) is 7.09. The molecule has 1 aliphatic heterocycles. The average Bonchev–Trinajstić information content (AvgIpc) is 2.16. The van der Waals surface area contributed by atoms with Crippen molar-refractivity contribution >= 4 is 17.9 Å². The van der Waals surface area contributed by atoms with Crippen molar-refractivity contribution < 1.29 is 19.1 Å². The predicted octanol–water partition coefficient (Wildman–Crippen LogP) is 0.0425. The van der Waals surface area contributed by atoms with Crippen LogP contribution < -0.4 is 15.8 Å². The van der Waals surface area contributed by atoms with Gasteiger partial charge >= 0.3 is 6.09 Å². The Hall–Kier alpha value is -2.37. The van der Waals surface area contributed by atoms with Crippen LogP contribution in [0.1, 0.15) is 20.7 Å². The maximum atomic E-state index is 11.3. The average molecular weight is 205 g/mol. The summed E-state index contributed by atoms with van der Waals surface area (Å²) in [5.41, 5.74) is 5.11. The Labute approximate surface area is 84.0 Å². The van der Waals surface area contributed by atoms with Gasteiger partial charge in [-0.05, 0) is 12.1 Å². The highest BCUT2D eigenvalue weighted by molar-refractivity contribution is 6.11. The number of fused-ring (bicyclic) bond motifs is 1. The Kier molecular flexibility index (Phi) is 1.89. The summed E-state index contributed by atoms with van der Waals surface area (Å²) in [7, 11) is 0. The Balaban J connectivity index is 2.64. The van der Waals surface area contributed by atoms with Crippen LogP contribution in [0.3, 0.4) is 0 Å². The number of carbonyl (C=O) groups excluding carboxylic acids is 3. The van der Waals surface area contributed by atoms with Crippen molar-refractivity contribution in [1.82, 2.24) is 5.32 Å². The second-order valence-corrected chi connectivity index (χ2v) is 2.83. The third kappa shape index (κ3) is 1.41. The molecular formula is C9H5N2O4. The molecule has 1 aliphatic rings. The maximum Gasteiger partial charge on any atom is 0.442 e. The molecule has 0 bridgehead atoms. The highest BCUT2D eigenvalue weighted by atomic mass is 16.6. The van der Waals surface area contributed by atoms with E-state index in [0.29, 0.717) is 0 Å². The summed E-state index contributed by atoms with van der Waals surface area (Å²) in [5, 5.41) is 3.07. The standard InChI is InChI=1S/C9H5N2O4/c10-7(12)4-2-1-3-5-6(4)15-9(14)11-8(5)13/h1-3H,(H2,10,12). The van der Waals surface area contributed by atoms with Gasteiger partial charge in [0.1, 0.15) is 0 Å². The first kappa shape index (κ1) is 9.20. The summed E-state index contributed by atoms with van der Waals surface area (Å²) < 4.78 is 4.67. The van der Waals surface area contributed by atoms with Crippen LogP contribution in [0.25, 0.3) is 0 Å². The molecule has 15 heavy (non-hydrogen) atoms. The molecule has 0 aliphatic carbocycles. The first-order valence-corrected chi connectivity index (χ1v) is 4.00. The topological polar surface area (TPSA) is 101 Å². The minimum Gasteiger partial charge on any atom is -0.407 e. The minimum absolute atomic E-state index is 0.0101. The van der Waals surface area contributed by atoms with Gasteiger partial charge in [-0.25, -0.2) is 4.79 Å². The number of amides is 3. The molecule has 2 rings (SSSR count). The van der Waals surface area contributed by atoms with Gasteiger partial charge < -0.3 is 10.5 Å². The number of hydrogen-bond donors (Lipinski definition) is 1. The van der Waals surface area contributed by atoms with Gasteiger partial charge in [-0.1, -0.05) is 6.07 Å². The van der Waals surface area contributed by atoms with E-state index >= 15 is 0 Å². The first-order valence-electron chi connectivity index (χ1n) is 4.00. The SMILES string of the molecule is NC(=O)c1cccc2c1OC(=O)[N]C2=O. The van der Waals surface area contributed by atoms with E-state index in [1.165, 1.54) is 18.2 Å². The molecule has 0 spiro atoms. The number of hydrogen-bond acceptors (Lipinski definition) is 4. The number of carbonyl (C=O) groups is 3. The Morgan fingerprint density at radius 2 is 2.07 bits per heavy atom. The molecule has 1 radical (unpaired) electrons. The molecule has 0 atom stereocenters. The van der Waals surface area contributed by atoms with Crippen molar-refractivity contribution in [3.63, 3.8) is 0 Å². The van der Waals surface area contributed by atoms with E-state index in [1.54, 1.807) is 0 Å².